The van der Waals surface area contributed by atoms with Gasteiger partial charge in [-0.1, -0.05) is 52.0 Å². The first-order valence-corrected chi connectivity index (χ1v) is 8.65. The number of carbonyl (C=O) groups is 1. The number of hydrogen-bond donors (Lipinski definition) is 1. The molecule has 2 aromatic carbocycles. The van der Waals surface area contributed by atoms with Gasteiger partial charge in [0, 0.05) is 5.69 Å². The highest BCUT2D eigenvalue weighted by Gasteiger charge is 2.13. The molecule has 0 fully saturated rings. The highest BCUT2D eigenvalue weighted by Crippen LogP contribution is 2.27. The molecule has 0 aromatic heterocycles. The van der Waals surface area contributed by atoms with Crippen LogP contribution in [0.3, 0.4) is 0 Å². The third kappa shape index (κ3) is 5.82. The van der Waals surface area contributed by atoms with Crippen molar-refractivity contribution in [2.45, 2.75) is 39.5 Å². The number of nitrogens with one attached hydrogen (secondary N) is 1. The van der Waals surface area contributed by atoms with E-state index in [4.69, 9.17) is 9.47 Å². The second-order valence-electron chi connectivity index (χ2n) is 6.96. The quantitative estimate of drug-likeness (QED) is 0.787. The van der Waals surface area contributed by atoms with Gasteiger partial charge in [-0.15, -0.1) is 0 Å². The van der Waals surface area contributed by atoms with E-state index in [1.165, 1.54) is 5.56 Å². The van der Waals surface area contributed by atoms with E-state index in [-0.39, 0.29) is 17.9 Å². The summed E-state index contributed by atoms with van der Waals surface area (Å²) >= 11 is 0. The lowest BCUT2D eigenvalue weighted by Gasteiger charge is -2.19. The minimum atomic E-state index is -0.200. The van der Waals surface area contributed by atoms with Gasteiger partial charge in [0.05, 0.1) is 6.61 Å². The first kappa shape index (κ1) is 18.8. The van der Waals surface area contributed by atoms with Gasteiger partial charge in [-0.25, -0.2) is 0 Å². The highest BCUT2D eigenvalue weighted by atomic mass is 16.5. The van der Waals surface area contributed by atoms with Crippen LogP contribution in [-0.4, -0.2) is 19.1 Å². The SMILES string of the molecule is CCCOc1ccccc1OCC(=O)Nc1ccc(C(C)(C)C)cc1. The van der Waals surface area contributed by atoms with Gasteiger partial charge in [0.25, 0.3) is 5.91 Å². The van der Waals surface area contributed by atoms with Gasteiger partial charge in [-0.05, 0) is 41.7 Å². The fourth-order valence-electron chi connectivity index (χ4n) is 2.29. The van der Waals surface area contributed by atoms with Gasteiger partial charge in [-0.3, -0.25) is 4.79 Å². The zero-order chi connectivity index (χ0) is 18.3. The van der Waals surface area contributed by atoms with Crippen LogP contribution < -0.4 is 14.8 Å². The fourth-order valence-corrected chi connectivity index (χ4v) is 2.29. The Bertz CT molecular complexity index is 687. The van der Waals surface area contributed by atoms with Gasteiger partial charge in [0.1, 0.15) is 0 Å². The standard InChI is InChI=1S/C21H27NO3/c1-5-14-24-18-8-6-7-9-19(18)25-15-20(23)22-17-12-10-16(11-13-17)21(2,3)4/h6-13H,5,14-15H2,1-4H3,(H,22,23). The highest BCUT2D eigenvalue weighted by molar-refractivity contribution is 5.91. The van der Waals surface area contributed by atoms with Crippen LogP contribution in [0.15, 0.2) is 48.5 Å². The third-order valence-electron chi connectivity index (χ3n) is 3.70. The molecule has 0 bridgehead atoms. The van der Waals surface area contributed by atoms with E-state index in [1.807, 2.05) is 49.4 Å². The largest absolute Gasteiger partial charge is 0.490 e. The molecular formula is C21H27NO3. The van der Waals surface area contributed by atoms with Crippen LogP contribution in [0.1, 0.15) is 39.7 Å². The Balaban J connectivity index is 1.91. The van der Waals surface area contributed by atoms with Gasteiger partial charge in [0.2, 0.25) is 0 Å². The average Bonchev–Trinajstić information content (AvgIpc) is 2.58. The second-order valence-corrected chi connectivity index (χ2v) is 6.96. The van der Waals surface area contributed by atoms with Crippen LogP contribution in [0, 0.1) is 0 Å². The Morgan fingerprint density at radius 2 is 1.56 bits per heavy atom. The summed E-state index contributed by atoms with van der Waals surface area (Å²) < 4.78 is 11.2. The minimum Gasteiger partial charge on any atom is -0.490 e. The lowest BCUT2D eigenvalue weighted by atomic mass is 9.87. The number of para-hydroxylation sites is 2. The third-order valence-corrected chi connectivity index (χ3v) is 3.70. The maximum atomic E-state index is 12.1. The number of anilines is 1. The molecule has 25 heavy (non-hydrogen) atoms. The molecule has 2 rings (SSSR count). The number of ether oxygens (including phenoxy) is 2. The monoisotopic (exact) mass is 341 g/mol. The molecule has 2 aromatic rings. The number of amides is 1. The summed E-state index contributed by atoms with van der Waals surface area (Å²) in [7, 11) is 0. The summed E-state index contributed by atoms with van der Waals surface area (Å²) in [5, 5.41) is 2.85. The molecule has 0 unspecified atom stereocenters. The number of carbonyl (C=O) groups excluding carboxylic acids is 1. The van der Waals surface area contributed by atoms with Crippen LogP contribution in [0.5, 0.6) is 11.5 Å². The van der Waals surface area contributed by atoms with E-state index in [0.717, 1.165) is 12.1 Å². The van der Waals surface area contributed by atoms with Gasteiger partial charge in [-0.2, -0.15) is 0 Å². The molecule has 1 N–H and O–H groups in total. The van der Waals surface area contributed by atoms with Crippen LogP contribution in [0.4, 0.5) is 5.69 Å². The molecule has 134 valence electrons. The predicted molar refractivity (Wildman–Crippen MR) is 101 cm³/mol. The van der Waals surface area contributed by atoms with Crippen LogP contribution in [0.2, 0.25) is 0 Å². The smallest absolute Gasteiger partial charge is 0.262 e. The second kappa shape index (κ2) is 8.56. The molecule has 1 amide bonds. The summed E-state index contributed by atoms with van der Waals surface area (Å²) in [6, 6.07) is 15.3. The lowest BCUT2D eigenvalue weighted by Crippen LogP contribution is -2.20. The van der Waals surface area contributed by atoms with Gasteiger partial charge < -0.3 is 14.8 Å². The number of rotatable bonds is 7. The molecule has 4 nitrogen and oxygen atoms in total. The molecule has 0 heterocycles. The van der Waals surface area contributed by atoms with Crippen molar-refractivity contribution in [2.24, 2.45) is 0 Å². The summed E-state index contributed by atoms with van der Waals surface area (Å²) in [5.74, 6) is 1.04. The van der Waals surface area contributed by atoms with Crippen LogP contribution in [-0.2, 0) is 10.2 Å². The lowest BCUT2D eigenvalue weighted by molar-refractivity contribution is -0.118. The van der Waals surface area contributed by atoms with Crippen molar-refractivity contribution < 1.29 is 14.3 Å². The van der Waals surface area contributed by atoms with E-state index >= 15 is 0 Å². The zero-order valence-corrected chi connectivity index (χ0v) is 15.5. The first-order chi connectivity index (χ1) is 11.9. The van der Waals surface area contributed by atoms with Crippen molar-refractivity contribution in [3.63, 3.8) is 0 Å². The maximum Gasteiger partial charge on any atom is 0.262 e. The summed E-state index contributed by atoms with van der Waals surface area (Å²) in [4.78, 5) is 12.1. The van der Waals surface area contributed by atoms with Gasteiger partial charge in [0.15, 0.2) is 18.1 Å². The van der Waals surface area contributed by atoms with E-state index in [2.05, 4.69) is 26.1 Å². The number of hydrogen-bond acceptors (Lipinski definition) is 3. The van der Waals surface area contributed by atoms with Crippen molar-refractivity contribution in [2.75, 3.05) is 18.5 Å². The molecule has 0 spiro atoms. The normalized spacial score (nSPS) is 11.0. The molecule has 0 aliphatic rings. The van der Waals surface area contributed by atoms with Gasteiger partial charge >= 0.3 is 0 Å². The van der Waals surface area contributed by atoms with Crippen molar-refractivity contribution in [3.05, 3.63) is 54.1 Å². The molecule has 0 aliphatic heterocycles. The predicted octanol–water partition coefficient (Wildman–Crippen LogP) is 4.79. The van der Waals surface area contributed by atoms with Crippen molar-refractivity contribution in [1.29, 1.82) is 0 Å². The fraction of sp³-hybridized carbons (Fsp3) is 0.381. The molecular weight excluding hydrogens is 314 g/mol. The van der Waals surface area contributed by atoms with Crippen molar-refractivity contribution in [3.8, 4) is 11.5 Å². The molecule has 0 saturated heterocycles. The Morgan fingerprint density at radius 1 is 0.960 bits per heavy atom. The van der Waals surface area contributed by atoms with Crippen LogP contribution >= 0.6 is 0 Å². The minimum absolute atomic E-state index is 0.0620. The summed E-state index contributed by atoms with van der Waals surface area (Å²) in [6.07, 6.45) is 0.916. The average molecular weight is 341 g/mol. The Kier molecular flexibility index (Phi) is 6.45. The van der Waals surface area contributed by atoms with E-state index < -0.39 is 0 Å². The molecule has 0 atom stereocenters. The van der Waals surface area contributed by atoms with Crippen molar-refractivity contribution in [1.82, 2.24) is 0 Å². The maximum absolute atomic E-state index is 12.1. The van der Waals surface area contributed by atoms with E-state index in [0.29, 0.717) is 18.1 Å². The first-order valence-electron chi connectivity index (χ1n) is 8.65. The van der Waals surface area contributed by atoms with Crippen molar-refractivity contribution >= 4 is 11.6 Å². The Labute approximate surface area is 150 Å². The Hall–Kier alpha value is -2.49. The topological polar surface area (TPSA) is 47.6 Å². The zero-order valence-electron chi connectivity index (χ0n) is 15.5. The van der Waals surface area contributed by atoms with Crippen LogP contribution in [0.25, 0.3) is 0 Å². The van der Waals surface area contributed by atoms with E-state index in [1.54, 1.807) is 6.07 Å². The molecule has 0 aliphatic carbocycles. The Morgan fingerprint density at radius 3 is 2.12 bits per heavy atom. The number of benzene rings is 2. The summed E-state index contributed by atoms with van der Waals surface area (Å²) in [5.41, 5.74) is 2.08. The van der Waals surface area contributed by atoms with E-state index in [9.17, 15) is 4.79 Å². The molecule has 0 radical (unpaired) electrons. The molecule has 4 heteroatoms. The molecule has 0 saturated carbocycles. The summed E-state index contributed by atoms with van der Waals surface area (Å²) in [6.45, 7) is 9.08.